The van der Waals surface area contributed by atoms with Crippen molar-refractivity contribution in [3.05, 3.63) is 0 Å². The summed E-state index contributed by atoms with van der Waals surface area (Å²) in [6, 6.07) is -0.698. The average molecular weight is 417 g/mol. The molecule has 0 aromatic carbocycles. The Kier molecular flexibility index (Phi) is 11.2. The van der Waals surface area contributed by atoms with Gasteiger partial charge in [-0.15, -0.1) is 0 Å². The van der Waals surface area contributed by atoms with E-state index in [0.717, 1.165) is 6.42 Å². The maximum absolute atomic E-state index is 11.7. The Morgan fingerprint density at radius 3 is 2.28 bits per heavy atom. The molecule has 1 amide bonds. The first-order chi connectivity index (χ1) is 13.6. The van der Waals surface area contributed by atoms with Gasteiger partial charge in [-0.05, 0) is 12.3 Å². The van der Waals surface area contributed by atoms with Crippen LogP contribution in [0.5, 0.6) is 0 Å². The second-order valence-corrected chi connectivity index (χ2v) is 7.67. The second kappa shape index (κ2) is 12.8. The molecular formula is C20H35NO8. The van der Waals surface area contributed by atoms with E-state index in [1.807, 2.05) is 6.92 Å². The van der Waals surface area contributed by atoms with Gasteiger partial charge in [-0.25, -0.2) is 0 Å². The molecule has 0 aromatic rings. The maximum Gasteiger partial charge on any atom is 0.302 e. The number of carbonyl (C=O) groups is 3. The maximum atomic E-state index is 11.7. The van der Waals surface area contributed by atoms with Gasteiger partial charge in [0.25, 0.3) is 0 Å². The first-order valence-corrected chi connectivity index (χ1v) is 10.0. The highest BCUT2D eigenvalue weighted by molar-refractivity contribution is 5.73. The smallest absolute Gasteiger partial charge is 0.302 e. The summed E-state index contributed by atoms with van der Waals surface area (Å²) in [6.07, 6.45) is -1.18. The quantitative estimate of drug-likeness (QED) is 0.397. The minimum Gasteiger partial charge on any atom is -0.463 e. The summed E-state index contributed by atoms with van der Waals surface area (Å²) in [7, 11) is 0. The summed E-state index contributed by atoms with van der Waals surface area (Å²) in [5, 5.41) is 2.76. The molecule has 1 aliphatic rings. The lowest BCUT2D eigenvalue weighted by molar-refractivity contribution is -0.262. The van der Waals surface area contributed by atoms with Crippen LogP contribution in [0.3, 0.4) is 0 Å². The second-order valence-electron chi connectivity index (χ2n) is 7.67. The highest BCUT2D eigenvalue weighted by Crippen LogP contribution is 2.29. The van der Waals surface area contributed by atoms with E-state index in [9.17, 15) is 14.4 Å². The van der Waals surface area contributed by atoms with Gasteiger partial charge in [0.1, 0.15) is 24.9 Å². The van der Waals surface area contributed by atoms with Gasteiger partial charge in [-0.2, -0.15) is 0 Å². The molecule has 0 aromatic heterocycles. The summed E-state index contributed by atoms with van der Waals surface area (Å²) in [5.74, 6) is -1.01. The summed E-state index contributed by atoms with van der Waals surface area (Å²) in [6.45, 7) is 11.2. The van der Waals surface area contributed by atoms with Crippen molar-refractivity contribution in [1.82, 2.24) is 5.32 Å². The zero-order valence-corrected chi connectivity index (χ0v) is 18.3. The summed E-state index contributed by atoms with van der Waals surface area (Å²) in [4.78, 5) is 34.5. The topological polar surface area (TPSA) is 109 Å². The summed E-state index contributed by atoms with van der Waals surface area (Å²) >= 11 is 0. The Bertz CT molecular complexity index is 539. The van der Waals surface area contributed by atoms with Crippen LogP contribution in [0.15, 0.2) is 0 Å². The molecule has 1 saturated heterocycles. The fourth-order valence-electron chi connectivity index (χ4n) is 3.01. The molecule has 1 rings (SSSR count). The van der Waals surface area contributed by atoms with Crippen molar-refractivity contribution in [2.45, 2.75) is 72.5 Å². The van der Waals surface area contributed by atoms with Crippen LogP contribution in [0.1, 0.15) is 48.0 Å². The molecule has 5 atom stereocenters. The van der Waals surface area contributed by atoms with E-state index in [0.29, 0.717) is 19.1 Å². The van der Waals surface area contributed by atoms with Crippen LogP contribution < -0.4 is 5.32 Å². The average Bonchev–Trinajstić information content (AvgIpc) is 2.60. The van der Waals surface area contributed by atoms with Crippen LogP contribution in [-0.2, 0) is 38.1 Å². The van der Waals surface area contributed by atoms with Crippen molar-refractivity contribution in [3.8, 4) is 0 Å². The van der Waals surface area contributed by atoms with Crippen molar-refractivity contribution >= 4 is 17.8 Å². The van der Waals surface area contributed by atoms with Crippen LogP contribution in [0, 0.1) is 11.8 Å². The van der Waals surface area contributed by atoms with Crippen LogP contribution in [0.2, 0.25) is 0 Å². The van der Waals surface area contributed by atoms with Gasteiger partial charge < -0.3 is 29.0 Å². The monoisotopic (exact) mass is 417 g/mol. The minimum absolute atomic E-state index is 0.00813. The number of nitrogens with one attached hydrogen (secondary N) is 1. The van der Waals surface area contributed by atoms with Crippen molar-refractivity contribution in [1.29, 1.82) is 0 Å². The molecule has 1 N–H and O–H groups in total. The van der Waals surface area contributed by atoms with Gasteiger partial charge in [-0.1, -0.05) is 20.8 Å². The number of rotatable bonds is 11. The molecule has 0 aliphatic carbocycles. The lowest BCUT2D eigenvalue weighted by atomic mass is 9.89. The lowest BCUT2D eigenvalue weighted by Gasteiger charge is -2.44. The van der Waals surface area contributed by atoms with Gasteiger partial charge in [0.05, 0.1) is 13.2 Å². The number of amides is 1. The van der Waals surface area contributed by atoms with E-state index in [4.69, 9.17) is 23.7 Å². The third-order valence-electron chi connectivity index (χ3n) is 4.53. The fraction of sp³-hybridized carbons (Fsp3) is 0.850. The van der Waals surface area contributed by atoms with Crippen LogP contribution in [-0.4, -0.2) is 68.8 Å². The Morgan fingerprint density at radius 2 is 1.72 bits per heavy atom. The van der Waals surface area contributed by atoms with E-state index in [-0.39, 0.29) is 25.0 Å². The predicted octanol–water partition coefficient (Wildman–Crippen LogP) is 1.43. The van der Waals surface area contributed by atoms with E-state index in [2.05, 4.69) is 19.2 Å². The molecule has 9 nitrogen and oxygen atoms in total. The van der Waals surface area contributed by atoms with Crippen molar-refractivity contribution < 1.29 is 38.1 Å². The zero-order chi connectivity index (χ0) is 22.0. The van der Waals surface area contributed by atoms with Crippen LogP contribution >= 0.6 is 0 Å². The van der Waals surface area contributed by atoms with E-state index < -0.39 is 36.5 Å². The van der Waals surface area contributed by atoms with Gasteiger partial charge >= 0.3 is 11.9 Å². The first-order valence-electron chi connectivity index (χ1n) is 10.0. The molecule has 1 aliphatic heterocycles. The molecule has 29 heavy (non-hydrogen) atoms. The Labute approximate surface area is 172 Å². The highest BCUT2D eigenvalue weighted by Gasteiger charge is 2.47. The molecule has 0 radical (unpaired) electrons. The standard InChI is InChI=1S/C20H35NO8/c1-12(2)7-8-25-9-10-26-20-18(21-14(4)22)19(28-16(6)24)13(3)17(29-20)11-27-15(5)23/h12-13,17-20H,7-11H2,1-6H3,(H,21,22)/t13-,17+,18+,19-,20?/m1/s1. The van der Waals surface area contributed by atoms with Gasteiger partial charge in [0.15, 0.2) is 6.29 Å². The number of esters is 2. The Balaban J connectivity index is 2.82. The third-order valence-corrected chi connectivity index (χ3v) is 4.53. The van der Waals surface area contributed by atoms with Crippen molar-refractivity contribution in [3.63, 3.8) is 0 Å². The number of hydrogen-bond acceptors (Lipinski definition) is 8. The van der Waals surface area contributed by atoms with Gasteiger partial charge in [0, 0.05) is 33.3 Å². The van der Waals surface area contributed by atoms with E-state index in [1.165, 1.54) is 20.8 Å². The minimum atomic E-state index is -0.881. The molecular weight excluding hydrogens is 382 g/mol. The molecule has 1 unspecified atom stereocenters. The highest BCUT2D eigenvalue weighted by atomic mass is 16.7. The zero-order valence-electron chi connectivity index (χ0n) is 18.3. The van der Waals surface area contributed by atoms with Gasteiger partial charge in [-0.3, -0.25) is 14.4 Å². The molecule has 168 valence electrons. The fourth-order valence-corrected chi connectivity index (χ4v) is 3.01. The largest absolute Gasteiger partial charge is 0.463 e. The predicted molar refractivity (Wildman–Crippen MR) is 104 cm³/mol. The van der Waals surface area contributed by atoms with Crippen LogP contribution in [0.25, 0.3) is 0 Å². The molecule has 9 heteroatoms. The Morgan fingerprint density at radius 1 is 1.03 bits per heavy atom. The normalized spacial score (nSPS) is 26.8. The number of hydrogen-bond donors (Lipinski definition) is 1. The van der Waals surface area contributed by atoms with Crippen molar-refractivity contribution in [2.24, 2.45) is 11.8 Å². The van der Waals surface area contributed by atoms with Crippen LogP contribution in [0.4, 0.5) is 0 Å². The number of ether oxygens (including phenoxy) is 5. The van der Waals surface area contributed by atoms with Gasteiger partial charge in [0.2, 0.25) is 5.91 Å². The molecule has 0 spiro atoms. The molecule has 1 fully saturated rings. The summed E-state index contributed by atoms with van der Waals surface area (Å²) < 4.78 is 27.9. The molecule has 1 heterocycles. The lowest BCUT2D eigenvalue weighted by Crippen LogP contribution is -2.63. The van der Waals surface area contributed by atoms with E-state index >= 15 is 0 Å². The SMILES string of the molecule is CC(=O)N[C@@H]1C(OCCOCCC(C)C)O[C@@H](COC(C)=O)[C@@H](C)[C@H]1OC(C)=O. The third kappa shape index (κ3) is 9.56. The first kappa shape index (κ1) is 25.3. The van der Waals surface area contributed by atoms with Crippen molar-refractivity contribution in [2.75, 3.05) is 26.4 Å². The summed E-state index contributed by atoms with van der Waals surface area (Å²) in [5.41, 5.74) is 0. The Hall–Kier alpha value is -1.71. The number of carbonyl (C=O) groups excluding carboxylic acids is 3. The molecule has 0 bridgehead atoms. The molecule has 0 saturated carbocycles. The van der Waals surface area contributed by atoms with E-state index in [1.54, 1.807) is 0 Å².